The van der Waals surface area contributed by atoms with Gasteiger partial charge in [-0.1, -0.05) is 57.2 Å². The maximum absolute atomic E-state index is 13.4. The van der Waals surface area contributed by atoms with Crippen LogP contribution in [0, 0.1) is 11.8 Å². The van der Waals surface area contributed by atoms with Crippen LogP contribution in [-0.2, 0) is 18.7 Å². The summed E-state index contributed by atoms with van der Waals surface area (Å²) in [6.07, 6.45) is 4.29. The van der Waals surface area contributed by atoms with E-state index in [1.165, 1.54) is 4.90 Å². The molecule has 2 aromatic rings. The number of rotatable bonds is 9. The monoisotopic (exact) mass is 595 g/mol. The van der Waals surface area contributed by atoms with Crippen molar-refractivity contribution in [2.45, 2.75) is 84.0 Å². The summed E-state index contributed by atoms with van der Waals surface area (Å²) in [6.45, 7) is 17.7. The molecule has 1 amide bonds. The molecule has 0 saturated carbocycles. The van der Waals surface area contributed by atoms with E-state index in [0.29, 0.717) is 24.7 Å². The number of benzene rings is 2. The first-order chi connectivity index (χ1) is 19.6. The molecule has 42 heavy (non-hydrogen) atoms. The Balaban J connectivity index is 2.04. The van der Waals surface area contributed by atoms with Crippen LogP contribution in [0.1, 0.15) is 65.9 Å². The molecule has 0 aliphatic carbocycles. The molecule has 0 bridgehead atoms. The predicted octanol–water partition coefficient (Wildman–Crippen LogP) is 8.33. The molecule has 0 unspecified atom stereocenters. The summed E-state index contributed by atoms with van der Waals surface area (Å²) in [6, 6.07) is 17.4. The fourth-order valence-electron chi connectivity index (χ4n) is 4.78. The molecule has 8 heteroatoms. The summed E-state index contributed by atoms with van der Waals surface area (Å²) in [7, 11) is -0.410. The third-order valence-corrected chi connectivity index (χ3v) is 12.8. The van der Waals surface area contributed by atoms with Gasteiger partial charge in [0.1, 0.15) is 11.4 Å². The van der Waals surface area contributed by atoms with Crippen LogP contribution in [0.15, 0.2) is 66.9 Å². The zero-order valence-corrected chi connectivity index (χ0v) is 27.8. The summed E-state index contributed by atoms with van der Waals surface area (Å²) in [5, 5.41) is 0.0740. The summed E-state index contributed by atoms with van der Waals surface area (Å²) >= 11 is 0. The highest BCUT2D eigenvalue weighted by Gasteiger charge is 2.40. The Kier molecular flexibility index (Phi) is 11.1. The second-order valence-corrected chi connectivity index (χ2v) is 18.3. The zero-order chi connectivity index (χ0) is 31.1. The van der Waals surface area contributed by atoms with E-state index < -0.39 is 20.0 Å². The van der Waals surface area contributed by atoms with E-state index in [4.69, 9.17) is 18.6 Å². The molecule has 0 N–H and O–H groups in total. The normalized spacial score (nSPS) is 19.1. The van der Waals surface area contributed by atoms with Crippen molar-refractivity contribution in [3.05, 3.63) is 72.4 Å². The number of amides is 1. The van der Waals surface area contributed by atoms with E-state index in [0.717, 1.165) is 12.0 Å². The summed E-state index contributed by atoms with van der Waals surface area (Å²) < 4.78 is 23.4. The van der Waals surface area contributed by atoms with Crippen LogP contribution in [0.25, 0.3) is 0 Å². The van der Waals surface area contributed by atoms with Crippen LogP contribution in [-0.4, -0.2) is 46.3 Å². The van der Waals surface area contributed by atoms with Gasteiger partial charge in [0.15, 0.2) is 8.32 Å². The molecular formula is C34H49NO6Si. The molecule has 7 nitrogen and oxygen atoms in total. The molecule has 1 fully saturated rings. The lowest BCUT2D eigenvalue weighted by molar-refractivity contribution is -0.143. The highest BCUT2D eigenvalue weighted by atomic mass is 28.4. The first-order valence-corrected chi connectivity index (χ1v) is 17.7. The van der Waals surface area contributed by atoms with Gasteiger partial charge in [0, 0.05) is 25.1 Å². The smallest absolute Gasteiger partial charge is 0.418 e. The molecule has 0 spiro atoms. The van der Waals surface area contributed by atoms with Gasteiger partial charge >= 0.3 is 12.1 Å². The van der Waals surface area contributed by atoms with E-state index in [9.17, 15) is 9.59 Å². The lowest BCUT2D eigenvalue weighted by atomic mass is 9.75. The van der Waals surface area contributed by atoms with Crippen molar-refractivity contribution < 1.29 is 28.2 Å². The third kappa shape index (κ3) is 9.20. The first-order valence-electron chi connectivity index (χ1n) is 14.8. The van der Waals surface area contributed by atoms with Crippen LogP contribution < -0.4 is 9.64 Å². The van der Waals surface area contributed by atoms with E-state index in [-0.39, 0.29) is 35.2 Å². The number of esters is 1. The second-order valence-electron chi connectivity index (χ2n) is 13.5. The predicted molar refractivity (Wildman–Crippen MR) is 170 cm³/mol. The number of allylic oxidation sites excluding steroid dienone is 1. The minimum absolute atomic E-state index is 0.0740. The van der Waals surface area contributed by atoms with Crippen molar-refractivity contribution in [1.82, 2.24) is 0 Å². The number of carbonyl (C=O) groups is 2. The summed E-state index contributed by atoms with van der Waals surface area (Å²) in [5.41, 5.74) is 1.03. The molecule has 1 aliphatic rings. The van der Waals surface area contributed by atoms with Gasteiger partial charge in [0.25, 0.3) is 0 Å². The van der Waals surface area contributed by atoms with Crippen molar-refractivity contribution in [1.29, 1.82) is 0 Å². The SMILES string of the molecule is COc1ccc(N(/C=C\[C@H](c2ccccc2)[C@H]2CC(=O)OCC[C@@H]2CO[Si](C)(C)C(C)(C)C)C(=O)OC(C)(C)C)cc1. The molecular weight excluding hydrogens is 546 g/mol. The Labute approximate surface area is 253 Å². The maximum atomic E-state index is 13.4. The van der Waals surface area contributed by atoms with Crippen LogP contribution in [0.2, 0.25) is 18.1 Å². The number of ether oxygens (including phenoxy) is 3. The standard InChI is InChI=1S/C34H49NO6Si/c1-33(2,3)41-32(37)35(27-15-17-28(38-7)18-16-27)21-19-29(25-13-11-10-12-14-25)30-23-31(36)39-22-20-26(30)24-40-42(8,9)34(4,5)6/h10-19,21,26,29-30H,20,22-24H2,1-9H3/b21-19-/t26-,29-,30+/m1/s1. The van der Waals surface area contributed by atoms with Crippen LogP contribution in [0.3, 0.4) is 0 Å². The van der Waals surface area contributed by atoms with Crippen molar-refractivity contribution in [2.75, 3.05) is 25.2 Å². The summed E-state index contributed by atoms with van der Waals surface area (Å²) in [4.78, 5) is 27.8. The molecule has 1 saturated heterocycles. The first kappa shape index (κ1) is 33.4. The minimum Gasteiger partial charge on any atom is -0.497 e. The maximum Gasteiger partial charge on any atom is 0.418 e. The molecule has 0 aromatic heterocycles. The Morgan fingerprint density at radius 3 is 2.26 bits per heavy atom. The number of methoxy groups -OCH3 is 1. The average molecular weight is 596 g/mol. The van der Waals surface area contributed by atoms with E-state index in [2.05, 4.69) is 46.0 Å². The van der Waals surface area contributed by atoms with Gasteiger partial charge in [-0.15, -0.1) is 0 Å². The largest absolute Gasteiger partial charge is 0.497 e. The van der Waals surface area contributed by atoms with Crippen molar-refractivity contribution in [2.24, 2.45) is 11.8 Å². The van der Waals surface area contributed by atoms with Crippen LogP contribution in [0.4, 0.5) is 10.5 Å². The fraction of sp³-hybridized carbons (Fsp3) is 0.529. The number of hydrogen-bond acceptors (Lipinski definition) is 6. The molecule has 2 aromatic carbocycles. The van der Waals surface area contributed by atoms with E-state index in [1.54, 1.807) is 13.3 Å². The Bertz CT molecular complexity index is 1200. The quantitative estimate of drug-likeness (QED) is 0.214. The van der Waals surface area contributed by atoms with Gasteiger partial charge in [-0.05, 0) is 87.0 Å². The number of anilines is 1. The lowest BCUT2D eigenvalue weighted by Crippen LogP contribution is -2.43. The Morgan fingerprint density at radius 1 is 1.05 bits per heavy atom. The fourth-order valence-corrected chi connectivity index (χ4v) is 5.84. The minimum atomic E-state index is -2.02. The van der Waals surface area contributed by atoms with Crippen molar-refractivity contribution in [3.63, 3.8) is 0 Å². The lowest BCUT2D eigenvalue weighted by Gasteiger charge is -2.39. The van der Waals surface area contributed by atoms with E-state index >= 15 is 0 Å². The highest BCUT2D eigenvalue weighted by Crippen LogP contribution is 2.41. The Morgan fingerprint density at radius 2 is 1.69 bits per heavy atom. The average Bonchev–Trinajstić information content (AvgIpc) is 3.09. The van der Waals surface area contributed by atoms with Gasteiger partial charge in [-0.2, -0.15) is 0 Å². The number of hydrogen-bond donors (Lipinski definition) is 0. The highest BCUT2D eigenvalue weighted by molar-refractivity contribution is 6.74. The van der Waals surface area contributed by atoms with E-state index in [1.807, 2.05) is 69.3 Å². The number of cyclic esters (lactones) is 1. The molecule has 3 rings (SSSR count). The topological polar surface area (TPSA) is 74.3 Å². The third-order valence-electron chi connectivity index (χ3n) is 8.25. The zero-order valence-electron chi connectivity index (χ0n) is 26.8. The van der Waals surface area contributed by atoms with Crippen molar-refractivity contribution >= 4 is 26.1 Å². The number of carbonyl (C=O) groups excluding carboxylic acids is 2. The van der Waals surface area contributed by atoms with Crippen LogP contribution in [0.5, 0.6) is 5.75 Å². The van der Waals surface area contributed by atoms with Gasteiger partial charge in [-0.3, -0.25) is 9.69 Å². The molecule has 1 heterocycles. The molecule has 3 atom stereocenters. The second kappa shape index (κ2) is 13.9. The van der Waals surface area contributed by atoms with Gasteiger partial charge in [0.05, 0.1) is 19.4 Å². The molecule has 230 valence electrons. The van der Waals surface area contributed by atoms with Gasteiger partial charge in [-0.25, -0.2) is 4.79 Å². The van der Waals surface area contributed by atoms with Gasteiger partial charge in [0.2, 0.25) is 0 Å². The number of nitrogens with zero attached hydrogens (tertiary/aromatic N) is 1. The van der Waals surface area contributed by atoms with Crippen LogP contribution >= 0.6 is 0 Å². The Hall–Kier alpha value is -3.10. The summed E-state index contributed by atoms with van der Waals surface area (Å²) in [5.74, 6) is 0.322. The molecule has 0 radical (unpaired) electrons. The van der Waals surface area contributed by atoms with Crippen molar-refractivity contribution in [3.8, 4) is 5.75 Å². The molecule has 1 aliphatic heterocycles. The van der Waals surface area contributed by atoms with Gasteiger partial charge < -0.3 is 18.6 Å².